The van der Waals surface area contributed by atoms with E-state index in [1.165, 1.54) is 18.0 Å². The van der Waals surface area contributed by atoms with Crippen molar-refractivity contribution in [2.45, 2.75) is 54.6 Å². The first-order valence-corrected chi connectivity index (χ1v) is 13.0. The summed E-state index contributed by atoms with van der Waals surface area (Å²) in [5.41, 5.74) is 1.26. The zero-order valence-corrected chi connectivity index (χ0v) is 19.8. The number of aromatic carboxylic acids is 1. The van der Waals surface area contributed by atoms with Gasteiger partial charge >= 0.3 is 5.97 Å². The zero-order chi connectivity index (χ0) is 23.6. The Balaban J connectivity index is 1.45. The van der Waals surface area contributed by atoms with Crippen LogP contribution < -0.4 is 0 Å². The second-order valence-electron chi connectivity index (χ2n) is 9.10. The summed E-state index contributed by atoms with van der Waals surface area (Å²) in [6.07, 6.45) is 3.78. The van der Waals surface area contributed by atoms with E-state index < -0.39 is 23.6 Å². The molecule has 2 saturated carbocycles. The van der Waals surface area contributed by atoms with E-state index in [1.807, 2.05) is 24.3 Å². The van der Waals surface area contributed by atoms with Crippen LogP contribution >= 0.6 is 23.1 Å². The fourth-order valence-corrected chi connectivity index (χ4v) is 7.16. The van der Waals surface area contributed by atoms with Gasteiger partial charge in [-0.2, -0.15) is 5.26 Å². The number of benzene rings is 1. The highest BCUT2D eigenvalue weighted by molar-refractivity contribution is 8.01. The van der Waals surface area contributed by atoms with Crippen LogP contribution in [-0.2, 0) is 0 Å². The van der Waals surface area contributed by atoms with Gasteiger partial charge in [-0.3, -0.25) is 0 Å². The third kappa shape index (κ3) is 4.81. The Morgan fingerprint density at radius 3 is 2.61 bits per heavy atom. The number of nitrogens with zero attached hydrogens (tertiary/aromatic N) is 2. The van der Waals surface area contributed by atoms with Crippen LogP contribution in [0.15, 0.2) is 34.8 Å². The minimum atomic E-state index is -0.987. The number of carbonyl (C=O) groups is 1. The number of rotatable bonds is 9. The average molecular weight is 489 g/mol. The lowest BCUT2D eigenvalue weighted by atomic mass is 9.64. The van der Waals surface area contributed by atoms with Crippen molar-refractivity contribution in [3.63, 3.8) is 0 Å². The number of nitriles is 1. The molecule has 2 aliphatic rings. The molecule has 0 saturated heterocycles. The van der Waals surface area contributed by atoms with Gasteiger partial charge in [0.1, 0.15) is 4.88 Å². The molecule has 5 atom stereocenters. The quantitative estimate of drug-likeness (QED) is 0.391. The minimum absolute atomic E-state index is 0.0254. The molecule has 1 aromatic heterocycles. The number of hydrogen-bond donors (Lipinski definition) is 4. The molecule has 1 aromatic carbocycles. The first kappa shape index (κ1) is 24.2. The molecule has 176 valence electrons. The maximum absolute atomic E-state index is 11.0. The maximum Gasteiger partial charge on any atom is 0.347 e. The predicted molar refractivity (Wildman–Crippen MR) is 125 cm³/mol. The van der Waals surface area contributed by atoms with Crippen molar-refractivity contribution in [2.75, 3.05) is 12.4 Å². The number of hydrogen-bond acceptors (Lipinski definition) is 8. The van der Waals surface area contributed by atoms with E-state index in [2.05, 4.69) is 11.1 Å². The van der Waals surface area contributed by atoms with Gasteiger partial charge in [0, 0.05) is 17.1 Å². The van der Waals surface area contributed by atoms with E-state index in [0.717, 1.165) is 41.7 Å². The Hall–Kier alpha value is -1.96. The Kier molecular flexibility index (Phi) is 7.41. The number of thioether (sulfide) groups is 1. The van der Waals surface area contributed by atoms with Gasteiger partial charge in [0.2, 0.25) is 0 Å². The van der Waals surface area contributed by atoms with Gasteiger partial charge in [0.15, 0.2) is 4.34 Å². The van der Waals surface area contributed by atoms with Crippen LogP contribution in [0.3, 0.4) is 0 Å². The molecular weight excluding hydrogens is 460 g/mol. The monoisotopic (exact) mass is 488 g/mol. The third-order valence-corrected chi connectivity index (χ3v) is 9.48. The topological polar surface area (TPSA) is 135 Å². The molecule has 0 bridgehead atoms. The summed E-state index contributed by atoms with van der Waals surface area (Å²) in [6.45, 7) is -0.0338. The van der Waals surface area contributed by atoms with Crippen LogP contribution in [0.25, 0.3) is 0 Å². The highest BCUT2D eigenvalue weighted by Crippen LogP contribution is 2.50. The number of carboxylic acid groups (broad SMARTS) is 1. The second-order valence-corrected chi connectivity index (χ2v) is 11.5. The van der Waals surface area contributed by atoms with Crippen molar-refractivity contribution in [1.29, 1.82) is 5.26 Å². The van der Waals surface area contributed by atoms with Crippen LogP contribution in [0.4, 0.5) is 0 Å². The molecule has 33 heavy (non-hydrogen) atoms. The Bertz CT molecular complexity index is 1010. The molecule has 4 N–H and O–H groups in total. The van der Waals surface area contributed by atoms with Crippen molar-refractivity contribution in [2.24, 2.45) is 17.3 Å². The van der Waals surface area contributed by atoms with Crippen molar-refractivity contribution in [3.05, 3.63) is 46.5 Å². The molecule has 2 fully saturated rings. The van der Waals surface area contributed by atoms with Crippen molar-refractivity contribution < 1.29 is 25.2 Å². The number of aromatic nitrogens is 1. The molecule has 7 nitrogen and oxygen atoms in total. The minimum Gasteiger partial charge on any atom is -0.477 e. The van der Waals surface area contributed by atoms with E-state index in [1.54, 1.807) is 0 Å². The number of aliphatic hydroxyl groups is 3. The van der Waals surface area contributed by atoms with Gasteiger partial charge in [-0.25, -0.2) is 9.78 Å². The molecule has 1 heterocycles. The molecule has 0 radical (unpaired) electrons. The summed E-state index contributed by atoms with van der Waals surface area (Å²) in [4.78, 5) is 15.4. The van der Waals surface area contributed by atoms with Crippen LogP contribution in [0, 0.1) is 28.6 Å². The average Bonchev–Trinajstić information content (AvgIpc) is 3.38. The largest absolute Gasteiger partial charge is 0.477 e. The van der Waals surface area contributed by atoms with Gasteiger partial charge in [0.25, 0.3) is 0 Å². The van der Waals surface area contributed by atoms with Gasteiger partial charge in [-0.15, -0.1) is 11.3 Å². The van der Waals surface area contributed by atoms with Crippen LogP contribution in [0.2, 0.25) is 0 Å². The highest BCUT2D eigenvalue weighted by atomic mass is 32.2. The highest BCUT2D eigenvalue weighted by Gasteiger charge is 2.45. The lowest BCUT2D eigenvalue weighted by Crippen LogP contribution is -2.39. The normalized spacial score (nSPS) is 27.0. The van der Waals surface area contributed by atoms with Gasteiger partial charge < -0.3 is 20.4 Å². The van der Waals surface area contributed by atoms with E-state index in [-0.39, 0.29) is 29.2 Å². The third-order valence-electron chi connectivity index (χ3n) is 7.31. The predicted octanol–water partition coefficient (Wildman–Crippen LogP) is 3.82. The molecule has 0 amide bonds. The lowest BCUT2D eigenvalue weighted by molar-refractivity contribution is -0.0735. The second kappa shape index (κ2) is 10.1. The van der Waals surface area contributed by atoms with Crippen molar-refractivity contribution >= 4 is 29.1 Å². The number of carboxylic acids is 1. The van der Waals surface area contributed by atoms with E-state index in [4.69, 9.17) is 5.11 Å². The molecule has 3 unspecified atom stereocenters. The van der Waals surface area contributed by atoms with E-state index in [0.29, 0.717) is 22.9 Å². The number of aliphatic hydroxyl groups excluding tert-OH is 3. The van der Waals surface area contributed by atoms with Gasteiger partial charge in [-0.1, -0.05) is 42.4 Å². The summed E-state index contributed by atoms with van der Waals surface area (Å²) in [5, 5.41) is 50.0. The molecule has 4 rings (SSSR count). The summed E-state index contributed by atoms with van der Waals surface area (Å²) in [7, 11) is 0. The standard InChI is InChI=1S/C24H28N2O5S2/c25-11-16-10-18(28)20(17(16)6-9-32-23-26-12-19(33-23)22(30)31)14-2-4-15(5-3-14)21(29)24(13-27)7-1-8-24/h2-5,12,16-18,20-21,27-29H,1,6-10,13H2,(H,30,31)/t16-,17?,18+,20?,21?/m0/s1. The fourth-order valence-electron chi connectivity index (χ4n) is 5.22. The van der Waals surface area contributed by atoms with Gasteiger partial charge in [-0.05, 0) is 42.7 Å². The van der Waals surface area contributed by atoms with Crippen LogP contribution in [-0.4, -0.2) is 49.8 Å². The fraction of sp³-hybridized carbons (Fsp3) is 0.542. The molecule has 0 aliphatic heterocycles. The Morgan fingerprint density at radius 2 is 2.06 bits per heavy atom. The van der Waals surface area contributed by atoms with E-state index in [9.17, 15) is 25.4 Å². The molecule has 9 heteroatoms. The van der Waals surface area contributed by atoms with Gasteiger partial charge in [0.05, 0.1) is 37.0 Å². The van der Waals surface area contributed by atoms with Crippen molar-refractivity contribution in [3.8, 4) is 6.07 Å². The smallest absolute Gasteiger partial charge is 0.347 e. The molecular formula is C24H28N2O5S2. The lowest BCUT2D eigenvalue weighted by Gasteiger charge is -2.44. The SMILES string of the molecule is N#C[C@@H]1C[C@@H](O)C(c2ccc(C(O)C3(CO)CCC3)cc2)C1CCSc1ncc(C(=O)O)s1. The van der Waals surface area contributed by atoms with Crippen molar-refractivity contribution in [1.82, 2.24) is 4.98 Å². The van der Waals surface area contributed by atoms with Crippen LogP contribution in [0.1, 0.15) is 64.9 Å². The molecule has 2 aromatic rings. The molecule has 0 spiro atoms. The summed E-state index contributed by atoms with van der Waals surface area (Å²) in [5.74, 6) is -0.771. The first-order chi connectivity index (χ1) is 15.9. The van der Waals surface area contributed by atoms with Crippen LogP contribution in [0.5, 0.6) is 0 Å². The summed E-state index contributed by atoms with van der Waals surface area (Å²) < 4.78 is 0.683. The Labute approximate surface area is 201 Å². The summed E-state index contributed by atoms with van der Waals surface area (Å²) >= 11 is 2.61. The zero-order valence-electron chi connectivity index (χ0n) is 18.1. The summed E-state index contributed by atoms with van der Waals surface area (Å²) in [6, 6.07) is 9.95. The maximum atomic E-state index is 11.0. The molecule has 2 aliphatic carbocycles. The Morgan fingerprint density at radius 1 is 1.33 bits per heavy atom. The van der Waals surface area contributed by atoms with E-state index >= 15 is 0 Å². The number of thiazole rings is 1. The first-order valence-electron chi connectivity index (χ1n) is 11.2.